The first kappa shape index (κ1) is 12.6. The Bertz CT molecular complexity index is 587. The first-order valence-corrected chi connectivity index (χ1v) is 6.63. The molecule has 0 amide bonds. The Kier molecular flexibility index (Phi) is 3.57. The van der Waals surface area contributed by atoms with Gasteiger partial charge in [-0.25, -0.2) is 0 Å². The van der Waals surface area contributed by atoms with E-state index in [2.05, 4.69) is 0 Å². The molecule has 2 aromatic rings. The second kappa shape index (κ2) is 4.81. The lowest BCUT2D eigenvalue weighted by molar-refractivity contribution is 0.104. The number of rotatable bonds is 2. The summed E-state index contributed by atoms with van der Waals surface area (Å²) in [4.78, 5) is 12.9. The van der Waals surface area contributed by atoms with Crippen LogP contribution in [-0.2, 0) is 0 Å². The van der Waals surface area contributed by atoms with Crippen LogP contribution in [-0.4, -0.2) is 5.78 Å². The zero-order valence-corrected chi connectivity index (χ0v) is 11.7. The summed E-state index contributed by atoms with van der Waals surface area (Å²) in [6, 6.07) is 7.13. The summed E-state index contributed by atoms with van der Waals surface area (Å²) in [5, 5.41) is 0.684. The fraction of sp³-hybridized carbons (Fsp3) is 0.154. The van der Waals surface area contributed by atoms with Gasteiger partial charge >= 0.3 is 0 Å². The van der Waals surface area contributed by atoms with Crippen LogP contribution in [0.4, 0.5) is 0 Å². The highest BCUT2D eigenvalue weighted by Crippen LogP contribution is 2.27. The van der Waals surface area contributed by atoms with Crippen LogP contribution in [0.5, 0.6) is 0 Å². The molecule has 88 valence electrons. The molecule has 1 aromatic heterocycles. The lowest BCUT2D eigenvalue weighted by Crippen LogP contribution is -2.02. The normalized spacial score (nSPS) is 10.6. The molecule has 0 saturated heterocycles. The molecule has 0 radical (unpaired) electrons. The molecule has 0 N–H and O–H groups in total. The Morgan fingerprint density at radius 3 is 2.41 bits per heavy atom. The highest BCUT2D eigenvalue weighted by Gasteiger charge is 2.15. The van der Waals surface area contributed by atoms with Crippen molar-refractivity contribution in [1.29, 1.82) is 0 Å². The van der Waals surface area contributed by atoms with E-state index in [9.17, 15) is 4.79 Å². The van der Waals surface area contributed by atoms with E-state index in [1.165, 1.54) is 11.3 Å². The fourth-order valence-electron chi connectivity index (χ4n) is 1.59. The van der Waals surface area contributed by atoms with E-state index in [4.69, 9.17) is 23.2 Å². The highest BCUT2D eigenvalue weighted by atomic mass is 35.5. The molecule has 0 saturated carbocycles. The van der Waals surface area contributed by atoms with Crippen molar-refractivity contribution in [3.8, 4) is 0 Å². The standard InChI is InChI=1S/C13H10Cl2OS/c1-7-6-10(14)8(2)5-9(7)13(16)11-3-4-12(15)17-11/h3-6H,1-2H3. The van der Waals surface area contributed by atoms with E-state index in [0.717, 1.165) is 11.1 Å². The minimum absolute atomic E-state index is 0.000772. The number of hydrogen-bond acceptors (Lipinski definition) is 2. The molecule has 0 aliphatic carbocycles. The number of ketones is 1. The van der Waals surface area contributed by atoms with Crippen LogP contribution in [0.15, 0.2) is 24.3 Å². The van der Waals surface area contributed by atoms with Gasteiger partial charge in [-0.05, 0) is 49.2 Å². The lowest BCUT2D eigenvalue weighted by atomic mass is 10.0. The van der Waals surface area contributed by atoms with Crippen molar-refractivity contribution in [3.05, 3.63) is 55.2 Å². The molecule has 0 fully saturated rings. The first-order chi connectivity index (χ1) is 7.99. The SMILES string of the molecule is Cc1cc(C(=O)c2ccc(Cl)s2)c(C)cc1Cl. The van der Waals surface area contributed by atoms with Gasteiger partial charge in [-0.3, -0.25) is 4.79 Å². The summed E-state index contributed by atoms with van der Waals surface area (Å²) in [5.41, 5.74) is 2.48. The summed E-state index contributed by atoms with van der Waals surface area (Å²) in [7, 11) is 0. The molecule has 1 heterocycles. The first-order valence-electron chi connectivity index (χ1n) is 5.06. The molecule has 0 atom stereocenters. The third kappa shape index (κ3) is 2.54. The molecule has 0 aliphatic rings. The minimum Gasteiger partial charge on any atom is -0.288 e. The van der Waals surface area contributed by atoms with Gasteiger partial charge in [0.05, 0.1) is 9.21 Å². The topological polar surface area (TPSA) is 17.1 Å². The van der Waals surface area contributed by atoms with Crippen molar-refractivity contribution < 1.29 is 4.79 Å². The number of carbonyl (C=O) groups excluding carboxylic acids is 1. The number of halogens is 2. The molecule has 4 heteroatoms. The number of aryl methyl sites for hydroxylation is 2. The van der Waals surface area contributed by atoms with E-state index in [0.29, 0.717) is 19.8 Å². The van der Waals surface area contributed by atoms with E-state index < -0.39 is 0 Å². The van der Waals surface area contributed by atoms with Crippen LogP contribution < -0.4 is 0 Å². The number of thiophene rings is 1. The Labute approximate surface area is 114 Å². The maximum absolute atomic E-state index is 12.3. The van der Waals surface area contributed by atoms with Gasteiger partial charge < -0.3 is 0 Å². The summed E-state index contributed by atoms with van der Waals surface area (Å²) in [5.74, 6) is -0.000772. The van der Waals surface area contributed by atoms with E-state index in [1.807, 2.05) is 26.0 Å². The van der Waals surface area contributed by atoms with Crippen LogP contribution in [0.1, 0.15) is 26.4 Å². The van der Waals surface area contributed by atoms with Crippen LogP contribution in [0.2, 0.25) is 9.36 Å². The summed E-state index contributed by atoms with van der Waals surface area (Å²) in [6.07, 6.45) is 0. The molecule has 0 aliphatic heterocycles. The average molecular weight is 285 g/mol. The van der Waals surface area contributed by atoms with Crippen LogP contribution in [0.25, 0.3) is 0 Å². The van der Waals surface area contributed by atoms with E-state index in [1.54, 1.807) is 12.1 Å². The van der Waals surface area contributed by atoms with Crippen molar-refractivity contribution in [1.82, 2.24) is 0 Å². The molecule has 1 nitrogen and oxygen atoms in total. The maximum Gasteiger partial charge on any atom is 0.203 e. The highest BCUT2D eigenvalue weighted by molar-refractivity contribution is 7.18. The molecule has 17 heavy (non-hydrogen) atoms. The van der Waals surface area contributed by atoms with Crippen molar-refractivity contribution >= 4 is 40.3 Å². The summed E-state index contributed by atoms with van der Waals surface area (Å²) in [6.45, 7) is 3.77. The summed E-state index contributed by atoms with van der Waals surface area (Å²) >= 11 is 13.1. The second-order valence-electron chi connectivity index (χ2n) is 3.85. The average Bonchev–Trinajstić information content (AvgIpc) is 2.69. The summed E-state index contributed by atoms with van der Waals surface area (Å²) < 4.78 is 0.622. The molecule has 1 aromatic carbocycles. The predicted molar refractivity (Wildman–Crippen MR) is 73.7 cm³/mol. The molecule has 0 unspecified atom stereocenters. The number of carbonyl (C=O) groups is 1. The van der Waals surface area contributed by atoms with Crippen molar-refractivity contribution in [3.63, 3.8) is 0 Å². The molecule has 0 bridgehead atoms. The van der Waals surface area contributed by atoms with E-state index in [-0.39, 0.29) is 5.78 Å². The Morgan fingerprint density at radius 1 is 1.12 bits per heavy atom. The van der Waals surface area contributed by atoms with Crippen LogP contribution >= 0.6 is 34.5 Å². The van der Waals surface area contributed by atoms with Crippen LogP contribution in [0, 0.1) is 13.8 Å². The van der Waals surface area contributed by atoms with Gasteiger partial charge in [-0.2, -0.15) is 0 Å². The number of hydrogen-bond donors (Lipinski definition) is 0. The van der Waals surface area contributed by atoms with Gasteiger partial charge in [0.15, 0.2) is 0 Å². The number of benzene rings is 1. The maximum atomic E-state index is 12.3. The molecule has 2 rings (SSSR count). The molecular formula is C13H10Cl2OS. The Balaban J connectivity index is 2.47. The smallest absolute Gasteiger partial charge is 0.203 e. The molecule has 0 spiro atoms. The zero-order chi connectivity index (χ0) is 12.6. The van der Waals surface area contributed by atoms with Gasteiger partial charge in [0.25, 0.3) is 0 Å². The van der Waals surface area contributed by atoms with Gasteiger partial charge in [0.1, 0.15) is 0 Å². The largest absolute Gasteiger partial charge is 0.288 e. The van der Waals surface area contributed by atoms with Crippen molar-refractivity contribution in [2.75, 3.05) is 0 Å². The van der Waals surface area contributed by atoms with Crippen LogP contribution in [0.3, 0.4) is 0 Å². The lowest BCUT2D eigenvalue weighted by Gasteiger charge is -2.06. The zero-order valence-electron chi connectivity index (χ0n) is 9.38. The van der Waals surface area contributed by atoms with Crippen molar-refractivity contribution in [2.45, 2.75) is 13.8 Å². The third-order valence-corrected chi connectivity index (χ3v) is 4.18. The molecular weight excluding hydrogens is 275 g/mol. The second-order valence-corrected chi connectivity index (χ2v) is 5.97. The third-order valence-electron chi connectivity index (χ3n) is 2.55. The van der Waals surface area contributed by atoms with Gasteiger partial charge in [0.2, 0.25) is 5.78 Å². The van der Waals surface area contributed by atoms with Crippen molar-refractivity contribution in [2.24, 2.45) is 0 Å². The fourth-order valence-corrected chi connectivity index (χ4v) is 2.81. The minimum atomic E-state index is -0.000772. The predicted octanol–water partition coefficient (Wildman–Crippen LogP) is 4.90. The Hall–Kier alpha value is -0.830. The Morgan fingerprint density at radius 2 is 1.82 bits per heavy atom. The van der Waals surface area contributed by atoms with E-state index >= 15 is 0 Å². The van der Waals surface area contributed by atoms with Gasteiger partial charge in [-0.1, -0.05) is 23.2 Å². The monoisotopic (exact) mass is 284 g/mol. The van der Waals surface area contributed by atoms with Gasteiger partial charge in [-0.15, -0.1) is 11.3 Å². The quantitative estimate of drug-likeness (QED) is 0.717. The van der Waals surface area contributed by atoms with Gasteiger partial charge in [0, 0.05) is 10.6 Å².